The van der Waals surface area contributed by atoms with Crippen LogP contribution in [-0.2, 0) is 9.53 Å². The lowest BCUT2D eigenvalue weighted by molar-refractivity contribution is -0.131. The van der Waals surface area contributed by atoms with Crippen molar-refractivity contribution < 1.29 is 13.9 Å². The molecular weight excluding hydrogens is 246 g/mol. The van der Waals surface area contributed by atoms with Crippen LogP contribution >= 0.6 is 0 Å². The van der Waals surface area contributed by atoms with Gasteiger partial charge in [-0.3, -0.25) is 4.79 Å². The van der Waals surface area contributed by atoms with Crippen molar-refractivity contribution in [3.63, 3.8) is 0 Å². The van der Waals surface area contributed by atoms with E-state index in [0.717, 1.165) is 19.3 Å². The van der Waals surface area contributed by atoms with E-state index < -0.39 is 0 Å². The van der Waals surface area contributed by atoms with E-state index >= 15 is 0 Å². The van der Waals surface area contributed by atoms with Gasteiger partial charge in [0, 0.05) is 13.5 Å². The molecule has 1 aromatic rings. The zero-order valence-corrected chi connectivity index (χ0v) is 11.7. The maximum absolute atomic E-state index is 12.1. The molecule has 1 aliphatic heterocycles. The monoisotopic (exact) mass is 267 g/mol. The number of nitrogens with zero attached hydrogens (tertiary/aromatic N) is 2. The number of hydrogen-bond donors (Lipinski definition) is 1. The minimum Gasteiger partial charge on any atom is -0.423 e. The molecule has 6 nitrogen and oxygen atoms in total. The summed E-state index contributed by atoms with van der Waals surface area (Å²) in [5.74, 6) is 1.31. The van der Waals surface area contributed by atoms with Crippen molar-refractivity contribution in [1.29, 1.82) is 0 Å². The average Bonchev–Trinajstić information content (AvgIpc) is 2.97. The molecule has 2 unspecified atom stereocenters. The third-order valence-electron chi connectivity index (χ3n) is 3.09. The highest BCUT2D eigenvalue weighted by Gasteiger charge is 2.28. The van der Waals surface area contributed by atoms with Gasteiger partial charge in [0.2, 0.25) is 17.7 Å². The zero-order valence-electron chi connectivity index (χ0n) is 11.7. The fourth-order valence-corrected chi connectivity index (χ4v) is 2.19. The minimum atomic E-state index is -0.335. The Labute approximate surface area is 112 Å². The van der Waals surface area contributed by atoms with Gasteiger partial charge in [-0.1, -0.05) is 13.8 Å². The summed E-state index contributed by atoms with van der Waals surface area (Å²) < 4.78 is 10.8. The number of hydrogen-bond acceptors (Lipinski definition) is 5. The van der Waals surface area contributed by atoms with Gasteiger partial charge in [-0.05, 0) is 25.2 Å². The van der Waals surface area contributed by atoms with Crippen molar-refractivity contribution in [2.24, 2.45) is 5.92 Å². The van der Waals surface area contributed by atoms with Gasteiger partial charge in [0.05, 0.1) is 0 Å². The molecule has 0 radical (unpaired) electrons. The predicted octanol–water partition coefficient (Wildman–Crippen LogP) is 1.76. The van der Waals surface area contributed by atoms with Crippen LogP contribution in [0.4, 0.5) is 0 Å². The maximum Gasteiger partial charge on any atom is 0.249 e. The molecule has 2 atom stereocenters. The highest BCUT2D eigenvalue weighted by atomic mass is 16.5. The van der Waals surface area contributed by atoms with Crippen LogP contribution in [0.3, 0.4) is 0 Å². The molecule has 106 valence electrons. The molecule has 0 saturated carbocycles. The molecule has 2 heterocycles. The second-order valence-electron chi connectivity index (χ2n) is 5.35. The Morgan fingerprint density at radius 2 is 2.26 bits per heavy atom. The second kappa shape index (κ2) is 6.14. The number of carbonyl (C=O) groups is 1. The van der Waals surface area contributed by atoms with Crippen LogP contribution in [0.15, 0.2) is 4.42 Å². The van der Waals surface area contributed by atoms with Gasteiger partial charge in [-0.15, -0.1) is 10.2 Å². The first-order valence-corrected chi connectivity index (χ1v) is 6.78. The van der Waals surface area contributed by atoms with Crippen molar-refractivity contribution in [1.82, 2.24) is 15.5 Å². The van der Waals surface area contributed by atoms with Crippen molar-refractivity contribution in [2.75, 3.05) is 6.61 Å². The fraction of sp³-hybridized carbons (Fsp3) is 0.769. The summed E-state index contributed by atoms with van der Waals surface area (Å²) in [7, 11) is 0. The van der Waals surface area contributed by atoms with E-state index in [9.17, 15) is 4.79 Å². The normalized spacial score (nSPS) is 20.7. The SMILES string of the molecule is Cc1nnc(C(CC(C)C)NC(=O)C2CCCO2)o1. The van der Waals surface area contributed by atoms with Crippen LogP contribution in [0.5, 0.6) is 0 Å². The first kappa shape index (κ1) is 14.0. The molecule has 1 fully saturated rings. The summed E-state index contributed by atoms with van der Waals surface area (Å²) in [4.78, 5) is 12.1. The summed E-state index contributed by atoms with van der Waals surface area (Å²) in [6.45, 7) is 6.58. The Morgan fingerprint density at radius 3 is 2.79 bits per heavy atom. The number of carbonyl (C=O) groups excluding carboxylic acids is 1. The standard InChI is InChI=1S/C13H21N3O3/c1-8(2)7-10(13-16-15-9(3)19-13)14-12(17)11-5-4-6-18-11/h8,10-11H,4-7H2,1-3H3,(H,14,17). The molecule has 1 N–H and O–H groups in total. The Kier molecular flexibility index (Phi) is 4.52. The van der Waals surface area contributed by atoms with E-state index in [1.165, 1.54) is 0 Å². The molecule has 1 aromatic heterocycles. The molecule has 1 saturated heterocycles. The minimum absolute atomic E-state index is 0.0843. The second-order valence-corrected chi connectivity index (χ2v) is 5.35. The molecule has 0 spiro atoms. The van der Waals surface area contributed by atoms with E-state index in [1.54, 1.807) is 6.92 Å². The zero-order chi connectivity index (χ0) is 13.8. The number of rotatable bonds is 5. The van der Waals surface area contributed by atoms with E-state index in [0.29, 0.717) is 24.3 Å². The topological polar surface area (TPSA) is 77.2 Å². The number of aryl methyl sites for hydroxylation is 1. The van der Waals surface area contributed by atoms with Gasteiger partial charge in [0.25, 0.3) is 0 Å². The summed E-state index contributed by atoms with van der Waals surface area (Å²) in [5.41, 5.74) is 0. The first-order valence-electron chi connectivity index (χ1n) is 6.78. The summed E-state index contributed by atoms with van der Waals surface area (Å²) in [6, 6.07) is -0.238. The van der Waals surface area contributed by atoms with Gasteiger partial charge in [-0.2, -0.15) is 0 Å². The Balaban J connectivity index is 2.03. The van der Waals surface area contributed by atoms with Crippen LogP contribution in [0.2, 0.25) is 0 Å². The molecule has 0 bridgehead atoms. The van der Waals surface area contributed by atoms with Gasteiger partial charge in [-0.25, -0.2) is 0 Å². The predicted molar refractivity (Wildman–Crippen MR) is 68.3 cm³/mol. The lowest BCUT2D eigenvalue weighted by atomic mass is 10.0. The van der Waals surface area contributed by atoms with E-state index in [1.807, 2.05) is 0 Å². The number of amides is 1. The summed E-state index contributed by atoms with van der Waals surface area (Å²) in [6.07, 6.45) is 2.15. The van der Waals surface area contributed by atoms with Crippen LogP contribution in [-0.4, -0.2) is 28.8 Å². The maximum atomic E-state index is 12.1. The van der Waals surface area contributed by atoms with E-state index in [4.69, 9.17) is 9.15 Å². The smallest absolute Gasteiger partial charge is 0.249 e. The Hall–Kier alpha value is -1.43. The quantitative estimate of drug-likeness (QED) is 0.879. The van der Waals surface area contributed by atoms with Crippen molar-refractivity contribution in [2.45, 2.75) is 52.2 Å². The summed E-state index contributed by atoms with van der Waals surface area (Å²) >= 11 is 0. The number of nitrogens with one attached hydrogen (secondary N) is 1. The number of ether oxygens (including phenoxy) is 1. The van der Waals surface area contributed by atoms with Gasteiger partial charge in [0.15, 0.2) is 0 Å². The third kappa shape index (κ3) is 3.76. The highest BCUT2D eigenvalue weighted by molar-refractivity contribution is 5.81. The van der Waals surface area contributed by atoms with Gasteiger partial charge in [0.1, 0.15) is 12.1 Å². The van der Waals surface area contributed by atoms with Crippen LogP contribution in [0, 0.1) is 12.8 Å². The number of aromatic nitrogens is 2. The highest BCUT2D eigenvalue weighted by Crippen LogP contribution is 2.21. The van der Waals surface area contributed by atoms with E-state index in [2.05, 4.69) is 29.4 Å². The Morgan fingerprint density at radius 1 is 1.47 bits per heavy atom. The molecular formula is C13H21N3O3. The van der Waals surface area contributed by atoms with Gasteiger partial charge < -0.3 is 14.5 Å². The summed E-state index contributed by atoms with van der Waals surface area (Å²) in [5, 5.41) is 10.8. The molecule has 19 heavy (non-hydrogen) atoms. The van der Waals surface area contributed by atoms with Gasteiger partial charge >= 0.3 is 0 Å². The average molecular weight is 267 g/mol. The van der Waals surface area contributed by atoms with Crippen LogP contribution < -0.4 is 5.32 Å². The molecule has 6 heteroatoms. The van der Waals surface area contributed by atoms with Crippen LogP contribution in [0.25, 0.3) is 0 Å². The Bertz CT molecular complexity index is 425. The first-order chi connectivity index (χ1) is 9.06. The molecule has 0 aliphatic carbocycles. The van der Waals surface area contributed by atoms with Crippen molar-refractivity contribution in [3.8, 4) is 0 Å². The third-order valence-corrected chi connectivity index (χ3v) is 3.09. The van der Waals surface area contributed by atoms with Crippen LogP contribution in [0.1, 0.15) is 50.9 Å². The fourth-order valence-electron chi connectivity index (χ4n) is 2.19. The lowest BCUT2D eigenvalue weighted by Gasteiger charge is -2.19. The van der Waals surface area contributed by atoms with E-state index in [-0.39, 0.29) is 18.1 Å². The molecule has 2 rings (SSSR count). The molecule has 0 aromatic carbocycles. The molecule has 1 amide bonds. The molecule has 1 aliphatic rings. The van der Waals surface area contributed by atoms with Crippen molar-refractivity contribution in [3.05, 3.63) is 11.8 Å². The lowest BCUT2D eigenvalue weighted by Crippen LogP contribution is -2.37. The largest absolute Gasteiger partial charge is 0.423 e. The van der Waals surface area contributed by atoms with Crippen molar-refractivity contribution >= 4 is 5.91 Å².